The summed E-state index contributed by atoms with van der Waals surface area (Å²) in [5, 5.41) is 3.75. The van der Waals surface area contributed by atoms with Gasteiger partial charge in [-0.05, 0) is 62.8 Å². The lowest BCUT2D eigenvalue weighted by molar-refractivity contribution is 0.234. The lowest BCUT2D eigenvalue weighted by Gasteiger charge is -2.28. The number of aryl methyl sites for hydroxylation is 2. The molecule has 0 spiro atoms. The molecule has 1 aliphatic heterocycles. The molecule has 1 aromatic carbocycles. The quantitative estimate of drug-likeness (QED) is 0.848. The van der Waals surface area contributed by atoms with Gasteiger partial charge in [-0.25, -0.2) is 0 Å². The minimum atomic E-state index is 0.456. The van der Waals surface area contributed by atoms with Crippen LogP contribution in [0.3, 0.4) is 0 Å². The number of likely N-dealkylation sites (tertiary alicyclic amines) is 1. The minimum absolute atomic E-state index is 0.456. The van der Waals surface area contributed by atoms with E-state index in [1.807, 2.05) is 0 Å². The van der Waals surface area contributed by atoms with Crippen LogP contribution in [0.25, 0.3) is 0 Å². The third-order valence-electron chi connectivity index (χ3n) is 4.90. The van der Waals surface area contributed by atoms with Crippen molar-refractivity contribution in [3.63, 3.8) is 0 Å². The molecule has 118 valence electrons. The summed E-state index contributed by atoms with van der Waals surface area (Å²) in [5.74, 6) is 0.839. The average Bonchev–Trinajstić information content (AvgIpc) is 2.76. The fourth-order valence-corrected chi connectivity index (χ4v) is 3.46. The zero-order valence-corrected chi connectivity index (χ0v) is 14.4. The highest BCUT2D eigenvalue weighted by atomic mass is 15.2. The van der Waals surface area contributed by atoms with Crippen LogP contribution in [0.4, 0.5) is 0 Å². The van der Waals surface area contributed by atoms with Gasteiger partial charge in [0.1, 0.15) is 0 Å². The van der Waals surface area contributed by atoms with Gasteiger partial charge in [-0.15, -0.1) is 0 Å². The monoisotopic (exact) mass is 288 g/mol. The molecule has 1 saturated heterocycles. The molecule has 21 heavy (non-hydrogen) atoms. The second-order valence-corrected chi connectivity index (χ2v) is 6.99. The predicted molar refractivity (Wildman–Crippen MR) is 91.8 cm³/mol. The molecular formula is C19H32N2. The molecular weight excluding hydrogens is 256 g/mol. The number of hydrogen-bond donors (Lipinski definition) is 1. The van der Waals surface area contributed by atoms with Gasteiger partial charge in [-0.3, -0.25) is 4.90 Å². The number of rotatable bonds is 6. The van der Waals surface area contributed by atoms with E-state index in [-0.39, 0.29) is 0 Å². The fraction of sp³-hybridized carbons (Fsp3) is 0.684. The van der Waals surface area contributed by atoms with Crippen molar-refractivity contribution in [2.45, 2.75) is 59.5 Å². The van der Waals surface area contributed by atoms with Crippen LogP contribution in [0.5, 0.6) is 0 Å². The summed E-state index contributed by atoms with van der Waals surface area (Å²) < 4.78 is 0. The van der Waals surface area contributed by atoms with Crippen molar-refractivity contribution in [2.75, 3.05) is 19.6 Å². The second-order valence-electron chi connectivity index (χ2n) is 6.99. The van der Waals surface area contributed by atoms with Gasteiger partial charge >= 0.3 is 0 Å². The molecule has 0 saturated carbocycles. The Hall–Kier alpha value is -0.860. The van der Waals surface area contributed by atoms with Gasteiger partial charge < -0.3 is 5.32 Å². The van der Waals surface area contributed by atoms with Gasteiger partial charge in [-0.1, -0.05) is 32.0 Å². The molecule has 0 bridgehead atoms. The maximum Gasteiger partial charge on any atom is 0.0449 e. The summed E-state index contributed by atoms with van der Waals surface area (Å²) >= 11 is 0. The second kappa shape index (κ2) is 7.42. The molecule has 2 nitrogen and oxygen atoms in total. The molecule has 2 rings (SSSR count). The Labute approximate surface area is 130 Å². The van der Waals surface area contributed by atoms with Gasteiger partial charge in [0.15, 0.2) is 0 Å². The summed E-state index contributed by atoms with van der Waals surface area (Å²) in [6, 6.07) is 8.11. The van der Waals surface area contributed by atoms with Gasteiger partial charge in [0, 0.05) is 25.2 Å². The van der Waals surface area contributed by atoms with E-state index in [4.69, 9.17) is 0 Å². The fourth-order valence-electron chi connectivity index (χ4n) is 3.46. The van der Waals surface area contributed by atoms with Gasteiger partial charge in [0.05, 0.1) is 0 Å². The van der Waals surface area contributed by atoms with E-state index >= 15 is 0 Å². The summed E-state index contributed by atoms with van der Waals surface area (Å²) in [4.78, 5) is 2.66. The molecule has 1 N–H and O–H groups in total. The van der Waals surface area contributed by atoms with Crippen LogP contribution in [-0.2, 0) is 0 Å². The van der Waals surface area contributed by atoms with Crippen LogP contribution < -0.4 is 5.32 Å². The Kier molecular flexibility index (Phi) is 5.83. The Bertz CT molecular complexity index is 455. The van der Waals surface area contributed by atoms with Crippen molar-refractivity contribution in [1.29, 1.82) is 0 Å². The molecule has 0 aromatic heterocycles. The molecule has 2 heteroatoms. The van der Waals surface area contributed by atoms with Crippen molar-refractivity contribution < 1.29 is 0 Å². The Balaban J connectivity index is 2.11. The molecule has 1 fully saturated rings. The first kappa shape index (κ1) is 16.5. The first-order valence-corrected chi connectivity index (χ1v) is 8.55. The number of hydrogen-bond acceptors (Lipinski definition) is 2. The van der Waals surface area contributed by atoms with Gasteiger partial charge in [0.2, 0.25) is 0 Å². The molecule has 1 aromatic rings. The van der Waals surface area contributed by atoms with E-state index in [0.717, 1.165) is 25.0 Å². The number of benzene rings is 1. The van der Waals surface area contributed by atoms with Crippen LogP contribution in [0.15, 0.2) is 18.2 Å². The molecule has 0 aliphatic carbocycles. The first-order chi connectivity index (χ1) is 10.0. The zero-order valence-electron chi connectivity index (χ0n) is 14.4. The van der Waals surface area contributed by atoms with Crippen LogP contribution in [0, 0.1) is 19.8 Å². The van der Waals surface area contributed by atoms with Gasteiger partial charge in [-0.2, -0.15) is 0 Å². The number of nitrogens with zero attached hydrogens (tertiary/aromatic N) is 1. The first-order valence-electron chi connectivity index (χ1n) is 8.55. The smallest absolute Gasteiger partial charge is 0.0449 e. The normalized spacial score (nSPS) is 24.4. The van der Waals surface area contributed by atoms with Crippen molar-refractivity contribution in [3.8, 4) is 0 Å². The zero-order chi connectivity index (χ0) is 15.4. The molecule has 3 atom stereocenters. The standard InChI is InChI=1S/C19H32N2/c1-6-9-20-19(13-21-12-14(2)10-17(21)5)18-8-7-15(3)16(4)11-18/h7-8,11,14,17,19-20H,6,9-10,12-13H2,1-5H3. The molecule has 1 heterocycles. The lowest BCUT2D eigenvalue weighted by atomic mass is 10.00. The number of nitrogens with one attached hydrogen (secondary N) is 1. The largest absolute Gasteiger partial charge is 0.309 e. The lowest BCUT2D eigenvalue weighted by Crippen LogP contribution is -2.37. The van der Waals surface area contributed by atoms with Crippen LogP contribution in [-0.4, -0.2) is 30.6 Å². The Morgan fingerprint density at radius 1 is 1.24 bits per heavy atom. The Morgan fingerprint density at radius 2 is 2.00 bits per heavy atom. The maximum absolute atomic E-state index is 3.75. The summed E-state index contributed by atoms with van der Waals surface area (Å²) in [7, 11) is 0. The maximum atomic E-state index is 3.75. The van der Waals surface area contributed by atoms with E-state index < -0.39 is 0 Å². The summed E-state index contributed by atoms with van der Waals surface area (Å²) in [5.41, 5.74) is 4.23. The molecule has 0 radical (unpaired) electrons. The van der Waals surface area contributed by atoms with Crippen LogP contribution in [0.1, 0.15) is 56.3 Å². The van der Waals surface area contributed by atoms with E-state index in [1.165, 1.54) is 36.1 Å². The average molecular weight is 288 g/mol. The summed E-state index contributed by atoms with van der Waals surface area (Å²) in [6.07, 6.45) is 2.53. The van der Waals surface area contributed by atoms with Crippen LogP contribution >= 0.6 is 0 Å². The van der Waals surface area contributed by atoms with Crippen molar-refractivity contribution in [1.82, 2.24) is 10.2 Å². The van der Waals surface area contributed by atoms with Crippen molar-refractivity contribution >= 4 is 0 Å². The van der Waals surface area contributed by atoms with E-state index in [0.29, 0.717) is 6.04 Å². The predicted octanol–water partition coefficient (Wildman–Crippen LogP) is 4.07. The molecule has 0 amide bonds. The van der Waals surface area contributed by atoms with Crippen LogP contribution in [0.2, 0.25) is 0 Å². The molecule has 1 aliphatic rings. The topological polar surface area (TPSA) is 15.3 Å². The van der Waals surface area contributed by atoms with E-state index in [1.54, 1.807) is 0 Å². The Morgan fingerprint density at radius 3 is 2.57 bits per heavy atom. The SMILES string of the molecule is CCCNC(CN1CC(C)CC1C)c1ccc(C)c(C)c1. The van der Waals surface area contributed by atoms with E-state index in [9.17, 15) is 0 Å². The third kappa shape index (κ3) is 4.31. The molecule has 3 unspecified atom stereocenters. The third-order valence-corrected chi connectivity index (χ3v) is 4.90. The minimum Gasteiger partial charge on any atom is -0.309 e. The summed E-state index contributed by atoms with van der Waals surface area (Å²) in [6.45, 7) is 14.9. The highest BCUT2D eigenvalue weighted by molar-refractivity contribution is 5.32. The highest BCUT2D eigenvalue weighted by Crippen LogP contribution is 2.26. The van der Waals surface area contributed by atoms with E-state index in [2.05, 4.69) is 63.0 Å². The van der Waals surface area contributed by atoms with Crippen molar-refractivity contribution in [2.24, 2.45) is 5.92 Å². The highest BCUT2D eigenvalue weighted by Gasteiger charge is 2.28. The van der Waals surface area contributed by atoms with Crippen molar-refractivity contribution in [3.05, 3.63) is 34.9 Å². The van der Waals surface area contributed by atoms with Gasteiger partial charge in [0.25, 0.3) is 0 Å².